The SMILES string of the molecule is Cn1nncc1S(=O)O. The summed E-state index contributed by atoms with van der Waals surface area (Å²) in [5.41, 5.74) is 0. The highest BCUT2D eigenvalue weighted by Gasteiger charge is 2.03. The van der Waals surface area contributed by atoms with Crippen molar-refractivity contribution in [3.63, 3.8) is 0 Å². The van der Waals surface area contributed by atoms with Crippen molar-refractivity contribution in [1.29, 1.82) is 0 Å². The number of nitrogens with zero attached hydrogens (tertiary/aromatic N) is 3. The van der Waals surface area contributed by atoms with Crippen molar-refractivity contribution in [3.8, 4) is 0 Å². The summed E-state index contributed by atoms with van der Waals surface area (Å²) in [5.74, 6) is 0. The van der Waals surface area contributed by atoms with Gasteiger partial charge < -0.3 is 4.55 Å². The third-order valence-corrected chi connectivity index (χ3v) is 1.58. The minimum atomic E-state index is -1.97. The van der Waals surface area contributed by atoms with Gasteiger partial charge >= 0.3 is 0 Å². The van der Waals surface area contributed by atoms with Crippen LogP contribution in [0.5, 0.6) is 0 Å². The predicted octanol–water partition coefficient (Wildman–Crippen LogP) is -0.604. The summed E-state index contributed by atoms with van der Waals surface area (Å²) < 4.78 is 20.0. The van der Waals surface area contributed by atoms with Gasteiger partial charge in [0.05, 0.1) is 6.20 Å². The van der Waals surface area contributed by atoms with Gasteiger partial charge in [-0.15, -0.1) is 5.10 Å². The molecule has 9 heavy (non-hydrogen) atoms. The Morgan fingerprint density at radius 1 is 1.89 bits per heavy atom. The van der Waals surface area contributed by atoms with Gasteiger partial charge in [0.1, 0.15) is 0 Å². The zero-order chi connectivity index (χ0) is 6.85. The monoisotopic (exact) mass is 147 g/mol. The van der Waals surface area contributed by atoms with E-state index >= 15 is 0 Å². The molecule has 1 aromatic heterocycles. The largest absolute Gasteiger partial charge is 0.301 e. The highest BCUT2D eigenvalue weighted by Crippen LogP contribution is 1.96. The van der Waals surface area contributed by atoms with Crippen LogP contribution in [0.15, 0.2) is 11.2 Å². The van der Waals surface area contributed by atoms with Crippen LogP contribution in [0, 0.1) is 0 Å². The summed E-state index contributed by atoms with van der Waals surface area (Å²) in [5, 5.41) is 7.06. The molecule has 0 bridgehead atoms. The van der Waals surface area contributed by atoms with Crippen LogP contribution in [0.2, 0.25) is 0 Å². The molecule has 1 heterocycles. The number of hydrogen-bond acceptors (Lipinski definition) is 3. The molecular formula is C3H5N3O2S. The average Bonchev–Trinajstić information content (AvgIpc) is 2.13. The molecule has 0 aliphatic carbocycles. The second-order valence-corrected chi connectivity index (χ2v) is 2.36. The third-order valence-electron chi connectivity index (χ3n) is 0.852. The van der Waals surface area contributed by atoms with Crippen LogP contribution < -0.4 is 0 Å². The molecule has 1 rings (SSSR count). The van der Waals surface area contributed by atoms with Crippen molar-refractivity contribution < 1.29 is 8.76 Å². The Morgan fingerprint density at radius 3 is 2.78 bits per heavy atom. The number of hydrogen-bond donors (Lipinski definition) is 1. The van der Waals surface area contributed by atoms with E-state index < -0.39 is 11.1 Å². The van der Waals surface area contributed by atoms with Crippen LogP contribution in [0.1, 0.15) is 0 Å². The molecule has 1 N–H and O–H groups in total. The smallest absolute Gasteiger partial charge is 0.207 e. The van der Waals surface area contributed by atoms with Crippen molar-refractivity contribution in [2.45, 2.75) is 5.03 Å². The fourth-order valence-electron chi connectivity index (χ4n) is 0.438. The lowest BCUT2D eigenvalue weighted by Crippen LogP contribution is -1.99. The van der Waals surface area contributed by atoms with Crippen LogP contribution in [0.25, 0.3) is 0 Å². The summed E-state index contributed by atoms with van der Waals surface area (Å²) in [7, 11) is 1.55. The first-order valence-electron chi connectivity index (χ1n) is 2.17. The number of aromatic nitrogens is 3. The summed E-state index contributed by atoms with van der Waals surface area (Å²) in [6.07, 6.45) is 1.25. The quantitative estimate of drug-likeness (QED) is 0.538. The van der Waals surface area contributed by atoms with Gasteiger partial charge in [-0.25, -0.2) is 8.89 Å². The van der Waals surface area contributed by atoms with Gasteiger partial charge in [0.15, 0.2) is 5.03 Å². The summed E-state index contributed by atoms with van der Waals surface area (Å²) in [6, 6.07) is 0. The first kappa shape index (κ1) is 6.37. The number of aryl methyl sites for hydroxylation is 1. The van der Waals surface area contributed by atoms with E-state index in [1.165, 1.54) is 10.9 Å². The highest BCUT2D eigenvalue weighted by atomic mass is 32.2. The molecule has 0 spiro atoms. The summed E-state index contributed by atoms with van der Waals surface area (Å²) >= 11 is -1.97. The molecular weight excluding hydrogens is 142 g/mol. The second-order valence-electron chi connectivity index (χ2n) is 1.45. The number of rotatable bonds is 1. The first-order chi connectivity index (χ1) is 4.22. The predicted molar refractivity (Wildman–Crippen MR) is 30.0 cm³/mol. The highest BCUT2D eigenvalue weighted by molar-refractivity contribution is 7.79. The molecule has 1 unspecified atom stereocenters. The minimum Gasteiger partial charge on any atom is -0.301 e. The van der Waals surface area contributed by atoms with E-state index in [0.717, 1.165) is 0 Å². The van der Waals surface area contributed by atoms with E-state index in [4.69, 9.17) is 4.55 Å². The van der Waals surface area contributed by atoms with Crippen molar-refractivity contribution in [2.75, 3.05) is 0 Å². The standard InChI is InChI=1S/C3H5N3O2S/c1-6-3(9(7)8)2-4-5-6/h2H,1H3,(H,7,8). The maximum atomic E-state index is 10.3. The van der Waals surface area contributed by atoms with Crippen LogP contribution in [0.3, 0.4) is 0 Å². The average molecular weight is 147 g/mol. The summed E-state index contributed by atoms with van der Waals surface area (Å²) in [4.78, 5) is 0. The molecule has 0 saturated carbocycles. The van der Waals surface area contributed by atoms with Crippen LogP contribution >= 0.6 is 0 Å². The molecule has 0 aliphatic rings. The molecule has 5 nitrogen and oxygen atoms in total. The molecule has 0 amide bonds. The minimum absolute atomic E-state index is 0.204. The van der Waals surface area contributed by atoms with Crippen molar-refractivity contribution in [3.05, 3.63) is 6.20 Å². The lowest BCUT2D eigenvalue weighted by atomic mass is 10.9. The Labute approximate surface area is 54.0 Å². The molecule has 0 radical (unpaired) electrons. The van der Waals surface area contributed by atoms with Crippen molar-refractivity contribution >= 4 is 11.1 Å². The van der Waals surface area contributed by atoms with E-state index in [9.17, 15) is 4.21 Å². The fraction of sp³-hybridized carbons (Fsp3) is 0.333. The van der Waals surface area contributed by atoms with Gasteiger partial charge in [-0.2, -0.15) is 0 Å². The topological polar surface area (TPSA) is 68.0 Å². The lowest BCUT2D eigenvalue weighted by molar-refractivity contribution is 0.545. The molecule has 0 saturated heterocycles. The van der Waals surface area contributed by atoms with Crippen molar-refractivity contribution in [2.24, 2.45) is 7.05 Å². The van der Waals surface area contributed by atoms with E-state index in [-0.39, 0.29) is 5.03 Å². The van der Waals surface area contributed by atoms with Crippen LogP contribution in [-0.4, -0.2) is 23.8 Å². The first-order valence-corrected chi connectivity index (χ1v) is 3.28. The van der Waals surface area contributed by atoms with E-state index in [2.05, 4.69) is 10.3 Å². The van der Waals surface area contributed by atoms with E-state index in [1.54, 1.807) is 7.05 Å². The van der Waals surface area contributed by atoms with E-state index in [1.807, 2.05) is 0 Å². The second kappa shape index (κ2) is 2.24. The van der Waals surface area contributed by atoms with Gasteiger partial charge in [0.2, 0.25) is 11.1 Å². The Balaban J connectivity index is 3.08. The zero-order valence-electron chi connectivity index (χ0n) is 4.68. The Hall–Kier alpha value is -0.750. The normalized spacial score (nSPS) is 13.6. The molecule has 0 fully saturated rings. The molecule has 0 aliphatic heterocycles. The van der Waals surface area contributed by atoms with Crippen molar-refractivity contribution in [1.82, 2.24) is 15.0 Å². The van der Waals surface area contributed by atoms with Gasteiger partial charge in [-0.3, -0.25) is 0 Å². The van der Waals surface area contributed by atoms with Crippen LogP contribution in [0.4, 0.5) is 0 Å². The van der Waals surface area contributed by atoms with Gasteiger partial charge in [0.25, 0.3) is 0 Å². The maximum Gasteiger partial charge on any atom is 0.207 e. The lowest BCUT2D eigenvalue weighted by Gasteiger charge is -1.89. The molecule has 0 aromatic carbocycles. The van der Waals surface area contributed by atoms with E-state index in [0.29, 0.717) is 0 Å². The Kier molecular flexibility index (Phi) is 1.58. The van der Waals surface area contributed by atoms with Gasteiger partial charge in [0, 0.05) is 7.05 Å². The zero-order valence-corrected chi connectivity index (χ0v) is 5.50. The Morgan fingerprint density at radius 2 is 2.56 bits per heavy atom. The maximum absolute atomic E-state index is 10.3. The molecule has 1 atom stereocenters. The summed E-state index contributed by atoms with van der Waals surface area (Å²) in [6.45, 7) is 0. The molecule has 1 aromatic rings. The van der Waals surface area contributed by atoms with Gasteiger partial charge in [-0.1, -0.05) is 5.21 Å². The molecule has 50 valence electrons. The Bertz CT molecular complexity index is 233. The third kappa shape index (κ3) is 1.14. The fourth-order valence-corrected chi connectivity index (χ4v) is 0.838. The van der Waals surface area contributed by atoms with Gasteiger partial charge in [-0.05, 0) is 0 Å². The van der Waals surface area contributed by atoms with Crippen LogP contribution in [-0.2, 0) is 18.1 Å². The molecule has 6 heteroatoms.